The Labute approximate surface area is 125 Å². The summed E-state index contributed by atoms with van der Waals surface area (Å²) in [5, 5.41) is 13.2. The number of nitrogens with zero attached hydrogens (tertiary/aromatic N) is 1. The fourth-order valence-corrected chi connectivity index (χ4v) is 5.09. The maximum absolute atomic E-state index is 12.1. The minimum atomic E-state index is -4.01. The second-order valence-electron chi connectivity index (χ2n) is 4.51. The van der Waals surface area contributed by atoms with Crippen molar-refractivity contribution in [1.29, 1.82) is 0 Å². The number of carboxylic acid groups (broad SMARTS) is 1. The third-order valence-electron chi connectivity index (χ3n) is 2.62. The fraction of sp³-hybridized carbons (Fsp3) is 0.400. The smallest absolute Gasteiger partial charge is 0.311 e. The van der Waals surface area contributed by atoms with Gasteiger partial charge in [0.15, 0.2) is 0 Å². The molecule has 1 aromatic rings. The van der Waals surface area contributed by atoms with E-state index >= 15 is 0 Å². The third kappa shape index (κ3) is 3.80. The summed E-state index contributed by atoms with van der Waals surface area (Å²) in [6.45, 7) is 0. The summed E-state index contributed by atoms with van der Waals surface area (Å²) >= 11 is 1.08. The first kappa shape index (κ1) is 15.9. The second kappa shape index (κ2) is 5.39. The van der Waals surface area contributed by atoms with Crippen molar-refractivity contribution in [3.8, 4) is 0 Å². The number of aliphatic carboxylic acids is 1. The topological polar surface area (TPSA) is 130 Å². The van der Waals surface area contributed by atoms with Crippen LogP contribution in [0.2, 0.25) is 0 Å². The van der Waals surface area contributed by atoms with E-state index in [0.717, 1.165) is 17.6 Å². The summed E-state index contributed by atoms with van der Waals surface area (Å²) in [5.41, 5.74) is 0.367. The molecule has 0 amide bonds. The van der Waals surface area contributed by atoms with Gasteiger partial charge in [0.2, 0.25) is 0 Å². The molecular weight excluding hydrogens is 340 g/mol. The van der Waals surface area contributed by atoms with E-state index in [4.69, 9.17) is 5.11 Å². The molecule has 0 spiro atoms. The predicted molar refractivity (Wildman–Crippen MR) is 78.2 cm³/mol. The molecule has 21 heavy (non-hydrogen) atoms. The van der Waals surface area contributed by atoms with Gasteiger partial charge in [0.1, 0.15) is 32.0 Å². The van der Waals surface area contributed by atoms with E-state index in [1.54, 1.807) is 5.38 Å². The molecule has 0 aliphatic carbocycles. The van der Waals surface area contributed by atoms with E-state index in [1.807, 2.05) is 0 Å². The van der Waals surface area contributed by atoms with E-state index in [2.05, 4.69) is 9.71 Å². The molecule has 11 heteroatoms. The number of fused-ring (bicyclic) bond motifs is 1. The van der Waals surface area contributed by atoms with Gasteiger partial charge >= 0.3 is 5.97 Å². The van der Waals surface area contributed by atoms with Crippen LogP contribution < -0.4 is 5.32 Å². The van der Waals surface area contributed by atoms with Crippen LogP contribution in [0.4, 0.5) is 5.00 Å². The van der Waals surface area contributed by atoms with E-state index < -0.39 is 32.3 Å². The van der Waals surface area contributed by atoms with Gasteiger partial charge in [-0.1, -0.05) is 0 Å². The zero-order valence-corrected chi connectivity index (χ0v) is 13.3. The van der Waals surface area contributed by atoms with Crippen LogP contribution in [-0.4, -0.2) is 45.8 Å². The number of anilines is 1. The zero-order chi connectivity index (χ0) is 15.8. The van der Waals surface area contributed by atoms with Crippen LogP contribution in [-0.2, 0) is 31.1 Å². The minimum absolute atomic E-state index is 0.0645. The zero-order valence-electron chi connectivity index (χ0n) is 10.9. The van der Waals surface area contributed by atoms with Crippen LogP contribution in [0.15, 0.2) is 14.7 Å². The number of sulfonamides is 1. The van der Waals surface area contributed by atoms with Crippen molar-refractivity contribution >= 4 is 48.0 Å². The van der Waals surface area contributed by atoms with Crippen molar-refractivity contribution in [3.05, 3.63) is 10.9 Å². The molecule has 0 saturated carbocycles. The van der Waals surface area contributed by atoms with Crippen LogP contribution in [0, 0.1) is 0 Å². The van der Waals surface area contributed by atoms with Crippen molar-refractivity contribution < 1.29 is 26.7 Å². The number of amidine groups is 1. The van der Waals surface area contributed by atoms with Crippen molar-refractivity contribution in [1.82, 2.24) is 0 Å². The lowest BCUT2D eigenvalue weighted by molar-refractivity contribution is -0.135. The summed E-state index contributed by atoms with van der Waals surface area (Å²) < 4.78 is 50.0. The van der Waals surface area contributed by atoms with Crippen molar-refractivity contribution in [2.75, 3.05) is 17.3 Å². The maximum atomic E-state index is 12.1. The lowest BCUT2D eigenvalue weighted by Gasteiger charge is -2.14. The van der Waals surface area contributed by atoms with Gasteiger partial charge in [-0.25, -0.2) is 8.42 Å². The highest BCUT2D eigenvalue weighted by Crippen LogP contribution is 2.37. The number of sulfone groups is 1. The molecule has 2 rings (SSSR count). The Morgan fingerprint density at radius 2 is 2.14 bits per heavy atom. The van der Waals surface area contributed by atoms with Gasteiger partial charge in [-0.3, -0.25) is 4.79 Å². The first-order valence-corrected chi connectivity index (χ1v) is 10.1. The molecule has 1 aliphatic heterocycles. The highest BCUT2D eigenvalue weighted by Gasteiger charge is 2.30. The van der Waals surface area contributed by atoms with Crippen LogP contribution in [0.5, 0.6) is 0 Å². The highest BCUT2D eigenvalue weighted by atomic mass is 32.2. The third-order valence-corrected chi connectivity index (χ3v) is 6.09. The van der Waals surface area contributed by atoms with Gasteiger partial charge < -0.3 is 10.4 Å². The average molecular weight is 352 g/mol. The Bertz CT molecular complexity index is 819. The number of aryl methyl sites for hydroxylation is 1. The van der Waals surface area contributed by atoms with Gasteiger partial charge in [0.25, 0.3) is 10.0 Å². The number of nitrogens with one attached hydrogen (secondary N) is 1. The minimum Gasteiger partial charge on any atom is -0.481 e. The molecule has 0 saturated heterocycles. The Morgan fingerprint density at radius 1 is 1.48 bits per heavy atom. The Balaban J connectivity index is 2.35. The number of carbonyl (C=O) groups is 1. The van der Waals surface area contributed by atoms with Crippen LogP contribution >= 0.6 is 11.3 Å². The van der Waals surface area contributed by atoms with Crippen molar-refractivity contribution in [2.45, 2.75) is 17.7 Å². The molecule has 2 N–H and O–H groups in total. The van der Waals surface area contributed by atoms with E-state index in [0.29, 0.717) is 5.56 Å². The van der Waals surface area contributed by atoms with Crippen molar-refractivity contribution in [2.24, 2.45) is 4.40 Å². The lowest BCUT2D eigenvalue weighted by atomic mass is 10.2. The Kier molecular flexibility index (Phi) is 4.08. The van der Waals surface area contributed by atoms with Crippen molar-refractivity contribution in [3.63, 3.8) is 0 Å². The Hall–Kier alpha value is -1.46. The molecule has 0 unspecified atom stereocenters. The summed E-state index contributed by atoms with van der Waals surface area (Å²) in [5.74, 6) is -1.53. The number of hydrogen-bond acceptors (Lipinski definition) is 7. The monoisotopic (exact) mass is 352 g/mol. The molecule has 116 valence electrons. The summed E-state index contributed by atoms with van der Waals surface area (Å²) in [4.78, 5) is 10.6. The van der Waals surface area contributed by atoms with Crippen LogP contribution in [0.1, 0.15) is 12.0 Å². The summed E-state index contributed by atoms with van der Waals surface area (Å²) in [7, 11) is -7.23. The molecule has 0 atom stereocenters. The second-order valence-corrected chi connectivity index (χ2v) is 9.19. The van der Waals surface area contributed by atoms with Gasteiger partial charge in [0.05, 0.1) is 5.75 Å². The molecule has 0 aromatic carbocycles. The molecule has 1 aromatic heterocycles. The largest absolute Gasteiger partial charge is 0.481 e. The first-order valence-electron chi connectivity index (χ1n) is 5.69. The van der Waals surface area contributed by atoms with Crippen LogP contribution in [0.25, 0.3) is 0 Å². The molecule has 0 fully saturated rings. The molecule has 2 heterocycles. The number of hydrogen-bond donors (Lipinski definition) is 2. The average Bonchev–Trinajstić information content (AvgIpc) is 2.67. The maximum Gasteiger partial charge on any atom is 0.311 e. The molecule has 1 aliphatic rings. The highest BCUT2D eigenvalue weighted by molar-refractivity contribution is 7.91. The molecule has 0 radical (unpaired) electrons. The van der Waals surface area contributed by atoms with Gasteiger partial charge in [-0.05, 0) is 17.4 Å². The van der Waals surface area contributed by atoms with E-state index in [-0.39, 0.29) is 27.9 Å². The summed E-state index contributed by atoms with van der Waals surface area (Å²) in [6.07, 6.45) is 0.603. The van der Waals surface area contributed by atoms with Crippen LogP contribution in [0.3, 0.4) is 0 Å². The quantitative estimate of drug-likeness (QED) is 0.780. The molecule has 0 bridgehead atoms. The van der Waals surface area contributed by atoms with E-state index in [1.165, 1.54) is 0 Å². The normalized spacial score (nSPS) is 16.7. The SMILES string of the molecule is CS(=O)(=O)CCc1csc2c1S(=O)(=O)N=C(CC(=O)O)N2. The Morgan fingerprint density at radius 3 is 2.71 bits per heavy atom. The standard InChI is InChI=1S/C10H12N2O6S3/c1-20(15,16)3-2-6-5-19-10-9(6)21(17,18)12-7(11-10)4-8(13)14/h5H,2-4H2,1H3,(H,11,12)(H,13,14). The fourth-order valence-electron chi connectivity index (χ4n) is 1.78. The van der Waals surface area contributed by atoms with Gasteiger partial charge in [0, 0.05) is 6.26 Å². The predicted octanol–water partition coefficient (Wildman–Crippen LogP) is 0.323. The summed E-state index contributed by atoms with van der Waals surface area (Å²) in [6, 6.07) is 0. The van der Waals surface area contributed by atoms with Gasteiger partial charge in [-0.15, -0.1) is 15.7 Å². The number of thiophene rings is 1. The number of rotatable bonds is 5. The van der Waals surface area contributed by atoms with Gasteiger partial charge in [-0.2, -0.15) is 8.42 Å². The molecule has 8 nitrogen and oxygen atoms in total. The molecular formula is C10H12N2O6S3. The first-order chi connectivity index (χ1) is 9.58. The number of carboxylic acids is 1. The van der Waals surface area contributed by atoms with E-state index in [9.17, 15) is 21.6 Å². The lowest BCUT2D eigenvalue weighted by Crippen LogP contribution is -2.23.